The van der Waals surface area contributed by atoms with Gasteiger partial charge in [0.25, 0.3) is 0 Å². The molecule has 0 radical (unpaired) electrons. The molecule has 1 aromatic carbocycles. The first-order valence-corrected chi connectivity index (χ1v) is 9.39. The van der Waals surface area contributed by atoms with Crippen LogP contribution < -0.4 is 15.4 Å². The molecule has 8 heteroatoms. The topological polar surface area (TPSA) is 48.9 Å². The minimum atomic E-state index is -2.83. The molecule has 27 heavy (non-hydrogen) atoms. The molecule has 0 amide bonds. The van der Waals surface area contributed by atoms with Crippen molar-refractivity contribution in [1.29, 1.82) is 0 Å². The third-order valence-electron chi connectivity index (χ3n) is 4.55. The highest BCUT2D eigenvalue weighted by molar-refractivity contribution is 14.0. The van der Waals surface area contributed by atoms with Gasteiger partial charge in [0.1, 0.15) is 5.75 Å². The highest BCUT2D eigenvalue weighted by atomic mass is 127. The van der Waals surface area contributed by atoms with Gasteiger partial charge in [0.2, 0.25) is 0 Å². The van der Waals surface area contributed by atoms with Gasteiger partial charge in [-0.2, -0.15) is 8.78 Å². The van der Waals surface area contributed by atoms with E-state index in [1.807, 2.05) is 6.92 Å². The molecule has 0 saturated carbocycles. The molecule has 1 fully saturated rings. The number of para-hydroxylation sites is 1. The van der Waals surface area contributed by atoms with Crippen LogP contribution in [0.4, 0.5) is 8.78 Å². The van der Waals surface area contributed by atoms with E-state index in [9.17, 15) is 8.78 Å². The molecule has 0 spiro atoms. The van der Waals surface area contributed by atoms with Crippen molar-refractivity contribution in [1.82, 2.24) is 15.5 Å². The van der Waals surface area contributed by atoms with Crippen LogP contribution in [-0.4, -0.2) is 50.2 Å². The van der Waals surface area contributed by atoms with Gasteiger partial charge in [0, 0.05) is 25.2 Å². The molecule has 1 aliphatic rings. The van der Waals surface area contributed by atoms with Crippen molar-refractivity contribution in [3.8, 4) is 5.75 Å². The molecule has 154 valence electrons. The second-order valence-corrected chi connectivity index (χ2v) is 6.46. The Morgan fingerprint density at radius 2 is 2.07 bits per heavy atom. The van der Waals surface area contributed by atoms with Crippen LogP contribution in [0.1, 0.15) is 32.3 Å². The largest absolute Gasteiger partial charge is 0.434 e. The molecule has 0 aromatic heterocycles. The number of hydrogen-bond acceptors (Lipinski definition) is 3. The summed E-state index contributed by atoms with van der Waals surface area (Å²) in [7, 11) is 0. The first kappa shape index (κ1) is 23.9. The van der Waals surface area contributed by atoms with Gasteiger partial charge in [-0.1, -0.05) is 25.1 Å². The van der Waals surface area contributed by atoms with Crippen LogP contribution in [0.5, 0.6) is 5.75 Å². The predicted octanol–water partition coefficient (Wildman–Crippen LogP) is 3.69. The van der Waals surface area contributed by atoms with Gasteiger partial charge in [0.05, 0.1) is 6.54 Å². The first-order chi connectivity index (χ1) is 12.6. The van der Waals surface area contributed by atoms with E-state index in [1.165, 1.54) is 19.4 Å². The summed E-state index contributed by atoms with van der Waals surface area (Å²) < 4.78 is 29.6. The summed E-state index contributed by atoms with van der Waals surface area (Å²) >= 11 is 0. The van der Waals surface area contributed by atoms with E-state index < -0.39 is 6.61 Å². The fourth-order valence-corrected chi connectivity index (χ4v) is 3.20. The molecule has 5 nitrogen and oxygen atoms in total. The van der Waals surface area contributed by atoms with Crippen LogP contribution in [0.2, 0.25) is 0 Å². The van der Waals surface area contributed by atoms with Crippen molar-refractivity contribution in [2.24, 2.45) is 10.9 Å². The van der Waals surface area contributed by atoms with Gasteiger partial charge in [0.15, 0.2) is 5.96 Å². The first-order valence-electron chi connectivity index (χ1n) is 9.39. The summed E-state index contributed by atoms with van der Waals surface area (Å²) in [6.07, 6.45) is 2.44. The normalized spacial score (nSPS) is 18.1. The third kappa shape index (κ3) is 8.59. The summed E-state index contributed by atoms with van der Waals surface area (Å²) in [4.78, 5) is 7.00. The number of halogens is 3. The maximum atomic E-state index is 12.5. The summed E-state index contributed by atoms with van der Waals surface area (Å²) in [5, 5.41) is 6.60. The zero-order chi connectivity index (χ0) is 18.8. The van der Waals surface area contributed by atoms with Gasteiger partial charge in [-0.3, -0.25) is 0 Å². The number of nitrogens with zero attached hydrogens (tertiary/aromatic N) is 2. The third-order valence-corrected chi connectivity index (χ3v) is 4.55. The van der Waals surface area contributed by atoms with E-state index in [-0.39, 0.29) is 36.3 Å². The van der Waals surface area contributed by atoms with Gasteiger partial charge >= 0.3 is 6.61 Å². The molecule has 2 N–H and O–H groups in total. The molecule has 2 rings (SSSR count). The van der Waals surface area contributed by atoms with Crippen LogP contribution in [-0.2, 0) is 6.54 Å². The summed E-state index contributed by atoms with van der Waals surface area (Å²) in [5.74, 6) is 1.47. The Morgan fingerprint density at radius 3 is 2.78 bits per heavy atom. The Morgan fingerprint density at radius 1 is 1.30 bits per heavy atom. The predicted molar refractivity (Wildman–Crippen MR) is 116 cm³/mol. The Labute approximate surface area is 178 Å². The molecule has 0 aliphatic carbocycles. The Balaban J connectivity index is 0.00000364. The van der Waals surface area contributed by atoms with Gasteiger partial charge in [-0.15, -0.1) is 24.0 Å². The van der Waals surface area contributed by atoms with Crippen LogP contribution in [0.3, 0.4) is 0 Å². The van der Waals surface area contributed by atoms with Crippen molar-refractivity contribution in [2.75, 3.05) is 32.7 Å². The number of hydrogen-bond donors (Lipinski definition) is 2. The molecular formula is C19H31F2IN4O. The minimum absolute atomic E-state index is 0. The van der Waals surface area contributed by atoms with Crippen molar-refractivity contribution < 1.29 is 13.5 Å². The second kappa shape index (κ2) is 13.1. The van der Waals surface area contributed by atoms with E-state index in [4.69, 9.17) is 0 Å². The molecular weight excluding hydrogens is 465 g/mol. The van der Waals surface area contributed by atoms with E-state index in [1.54, 1.807) is 24.3 Å². The number of alkyl halides is 2. The highest BCUT2D eigenvalue weighted by Crippen LogP contribution is 2.21. The van der Waals surface area contributed by atoms with Gasteiger partial charge < -0.3 is 20.3 Å². The maximum Gasteiger partial charge on any atom is 0.387 e. The van der Waals surface area contributed by atoms with Crippen LogP contribution in [0.15, 0.2) is 29.3 Å². The summed E-state index contributed by atoms with van der Waals surface area (Å²) in [6.45, 7) is 6.62. The van der Waals surface area contributed by atoms with Crippen molar-refractivity contribution in [3.63, 3.8) is 0 Å². The monoisotopic (exact) mass is 496 g/mol. The van der Waals surface area contributed by atoms with E-state index >= 15 is 0 Å². The van der Waals surface area contributed by atoms with Crippen LogP contribution >= 0.6 is 24.0 Å². The van der Waals surface area contributed by atoms with E-state index in [0.29, 0.717) is 17.4 Å². The fraction of sp³-hybridized carbons (Fsp3) is 0.632. The fourth-order valence-electron chi connectivity index (χ4n) is 3.20. The molecule has 1 unspecified atom stereocenters. The summed E-state index contributed by atoms with van der Waals surface area (Å²) in [5.41, 5.74) is 0.639. The molecule has 1 saturated heterocycles. The Kier molecular flexibility index (Phi) is 11.6. The van der Waals surface area contributed by atoms with E-state index in [2.05, 4.69) is 32.2 Å². The number of benzene rings is 1. The maximum absolute atomic E-state index is 12.5. The van der Waals surface area contributed by atoms with Crippen LogP contribution in [0.25, 0.3) is 0 Å². The van der Waals surface area contributed by atoms with Crippen molar-refractivity contribution in [3.05, 3.63) is 29.8 Å². The number of nitrogens with one attached hydrogen (secondary N) is 2. The molecule has 1 aromatic rings. The number of guanidine groups is 1. The quantitative estimate of drug-likeness (QED) is 0.328. The molecule has 1 atom stereocenters. The van der Waals surface area contributed by atoms with Crippen molar-refractivity contribution in [2.45, 2.75) is 39.8 Å². The lowest BCUT2D eigenvalue weighted by Gasteiger charge is -2.32. The average Bonchev–Trinajstić information content (AvgIpc) is 2.65. The number of ether oxygens (including phenoxy) is 1. The number of likely N-dealkylation sites (tertiary alicyclic amines) is 1. The lowest BCUT2D eigenvalue weighted by molar-refractivity contribution is -0.0504. The Bertz CT molecular complexity index is 574. The SMILES string of the molecule is CCNC(=NCc1ccccc1OC(F)F)NCC1CCCN(CC)C1.I. The highest BCUT2D eigenvalue weighted by Gasteiger charge is 2.18. The zero-order valence-corrected chi connectivity index (χ0v) is 18.4. The Hall–Kier alpha value is -1.16. The zero-order valence-electron chi connectivity index (χ0n) is 16.1. The standard InChI is InChI=1S/C19H30F2N4O.HI/c1-3-22-19(23-12-15-8-7-11-25(4-2)14-15)24-13-16-9-5-6-10-17(16)26-18(20)21;/h5-6,9-10,15,18H,3-4,7-8,11-14H2,1-2H3,(H2,22,23,24);1H. The van der Waals surface area contributed by atoms with Gasteiger partial charge in [-0.05, 0) is 44.8 Å². The number of piperidine rings is 1. The lowest BCUT2D eigenvalue weighted by Crippen LogP contribution is -2.44. The smallest absolute Gasteiger partial charge is 0.387 e. The summed E-state index contributed by atoms with van der Waals surface area (Å²) in [6, 6.07) is 6.77. The van der Waals surface area contributed by atoms with Gasteiger partial charge in [-0.25, -0.2) is 4.99 Å². The number of rotatable bonds is 8. The number of aliphatic imine (C=N–C) groups is 1. The molecule has 1 aliphatic heterocycles. The lowest BCUT2D eigenvalue weighted by atomic mass is 9.98. The second-order valence-electron chi connectivity index (χ2n) is 6.46. The van der Waals surface area contributed by atoms with E-state index in [0.717, 1.165) is 26.2 Å². The minimum Gasteiger partial charge on any atom is -0.434 e. The van der Waals surface area contributed by atoms with Crippen LogP contribution in [0, 0.1) is 5.92 Å². The molecule has 0 bridgehead atoms. The average molecular weight is 496 g/mol. The molecule has 1 heterocycles. The van der Waals surface area contributed by atoms with Crippen molar-refractivity contribution >= 4 is 29.9 Å².